The Hall–Kier alpha value is -2.31. The number of anilines is 1. The zero-order valence-corrected chi connectivity index (χ0v) is 15.0. The molecule has 2 aromatic rings. The van der Waals surface area contributed by atoms with Crippen LogP contribution in [0, 0.1) is 5.82 Å². The summed E-state index contributed by atoms with van der Waals surface area (Å²) in [5.74, 6) is 1.27. The number of ether oxygens (including phenoxy) is 2. The van der Waals surface area contributed by atoms with Gasteiger partial charge in [0.1, 0.15) is 30.0 Å². The summed E-state index contributed by atoms with van der Waals surface area (Å²) in [5, 5.41) is 10.2. The molecule has 0 amide bonds. The molecule has 1 aliphatic rings. The number of methoxy groups -OCH3 is 1. The fourth-order valence-corrected chi connectivity index (χ4v) is 3.06. The van der Waals surface area contributed by atoms with E-state index < -0.39 is 6.10 Å². The number of benzene rings is 2. The van der Waals surface area contributed by atoms with E-state index in [0.29, 0.717) is 12.3 Å². The normalized spacial score (nSPS) is 16.3. The second-order valence-corrected chi connectivity index (χ2v) is 6.40. The Labute approximate surface area is 153 Å². The zero-order chi connectivity index (χ0) is 18.4. The van der Waals surface area contributed by atoms with E-state index in [9.17, 15) is 9.50 Å². The second kappa shape index (κ2) is 8.87. The SMILES string of the molecule is COc1ccc(OCC(O)CN2CCN(c3ccc(F)cc3)CC2)cc1. The van der Waals surface area contributed by atoms with Gasteiger partial charge in [0.2, 0.25) is 0 Å². The van der Waals surface area contributed by atoms with Crippen LogP contribution in [0.3, 0.4) is 0 Å². The topological polar surface area (TPSA) is 45.2 Å². The van der Waals surface area contributed by atoms with Crippen LogP contribution < -0.4 is 14.4 Å². The first-order chi connectivity index (χ1) is 12.6. The second-order valence-electron chi connectivity index (χ2n) is 6.40. The van der Waals surface area contributed by atoms with Crippen LogP contribution in [0.15, 0.2) is 48.5 Å². The quantitative estimate of drug-likeness (QED) is 0.822. The van der Waals surface area contributed by atoms with Gasteiger partial charge in [-0.3, -0.25) is 4.90 Å². The molecule has 6 heteroatoms. The Morgan fingerprint density at radius 2 is 1.58 bits per heavy atom. The molecule has 0 saturated carbocycles. The number of halogens is 1. The summed E-state index contributed by atoms with van der Waals surface area (Å²) >= 11 is 0. The van der Waals surface area contributed by atoms with Crippen molar-refractivity contribution in [1.82, 2.24) is 4.90 Å². The summed E-state index contributed by atoms with van der Waals surface area (Å²) in [4.78, 5) is 4.46. The van der Waals surface area contributed by atoms with Gasteiger partial charge in [-0.25, -0.2) is 4.39 Å². The molecule has 5 nitrogen and oxygen atoms in total. The van der Waals surface area contributed by atoms with Gasteiger partial charge in [0.05, 0.1) is 7.11 Å². The number of aliphatic hydroxyl groups is 1. The van der Waals surface area contributed by atoms with Crippen LogP contribution in [0.5, 0.6) is 11.5 Å². The lowest BCUT2D eigenvalue weighted by Crippen LogP contribution is -2.49. The zero-order valence-electron chi connectivity index (χ0n) is 15.0. The van der Waals surface area contributed by atoms with Crippen molar-refractivity contribution < 1.29 is 19.0 Å². The predicted octanol–water partition coefficient (Wildman–Crippen LogP) is 2.40. The van der Waals surface area contributed by atoms with Crippen molar-refractivity contribution in [1.29, 1.82) is 0 Å². The third-order valence-corrected chi connectivity index (χ3v) is 4.53. The molecule has 140 valence electrons. The van der Waals surface area contributed by atoms with Gasteiger partial charge >= 0.3 is 0 Å². The number of aliphatic hydroxyl groups excluding tert-OH is 1. The smallest absolute Gasteiger partial charge is 0.123 e. The molecule has 0 aliphatic carbocycles. The summed E-state index contributed by atoms with van der Waals surface area (Å²) in [5.41, 5.74) is 1.04. The minimum atomic E-state index is -0.547. The highest BCUT2D eigenvalue weighted by Gasteiger charge is 2.19. The van der Waals surface area contributed by atoms with Crippen molar-refractivity contribution >= 4 is 5.69 Å². The fraction of sp³-hybridized carbons (Fsp3) is 0.400. The summed E-state index contributed by atoms with van der Waals surface area (Å²) in [6, 6.07) is 13.9. The lowest BCUT2D eigenvalue weighted by molar-refractivity contribution is 0.0663. The van der Waals surface area contributed by atoms with Crippen molar-refractivity contribution in [2.45, 2.75) is 6.10 Å². The summed E-state index contributed by atoms with van der Waals surface area (Å²) in [6.07, 6.45) is -0.547. The number of hydrogen-bond donors (Lipinski definition) is 1. The third-order valence-electron chi connectivity index (χ3n) is 4.53. The molecule has 1 saturated heterocycles. The van der Waals surface area contributed by atoms with E-state index >= 15 is 0 Å². The molecule has 26 heavy (non-hydrogen) atoms. The Morgan fingerprint density at radius 3 is 2.19 bits per heavy atom. The number of nitrogens with zero attached hydrogens (tertiary/aromatic N) is 2. The first-order valence-electron chi connectivity index (χ1n) is 8.82. The lowest BCUT2D eigenvalue weighted by atomic mass is 10.2. The molecule has 3 rings (SSSR count). The fourth-order valence-electron chi connectivity index (χ4n) is 3.06. The molecule has 2 aromatic carbocycles. The highest BCUT2D eigenvalue weighted by Crippen LogP contribution is 2.18. The van der Waals surface area contributed by atoms with E-state index in [0.717, 1.165) is 37.6 Å². The van der Waals surface area contributed by atoms with E-state index in [2.05, 4.69) is 9.80 Å². The van der Waals surface area contributed by atoms with Gasteiger partial charge < -0.3 is 19.5 Å². The van der Waals surface area contributed by atoms with Crippen molar-refractivity contribution in [2.24, 2.45) is 0 Å². The summed E-state index contributed by atoms with van der Waals surface area (Å²) < 4.78 is 23.8. The molecule has 1 aliphatic heterocycles. The van der Waals surface area contributed by atoms with Crippen LogP contribution in [-0.4, -0.2) is 62.6 Å². The maximum atomic E-state index is 13.0. The Morgan fingerprint density at radius 1 is 0.962 bits per heavy atom. The lowest BCUT2D eigenvalue weighted by Gasteiger charge is -2.36. The van der Waals surface area contributed by atoms with E-state index in [4.69, 9.17) is 9.47 Å². The highest BCUT2D eigenvalue weighted by atomic mass is 19.1. The molecule has 1 atom stereocenters. The van der Waals surface area contributed by atoms with Crippen molar-refractivity contribution in [3.63, 3.8) is 0 Å². The minimum Gasteiger partial charge on any atom is -0.497 e. The molecular weight excluding hydrogens is 335 g/mol. The van der Waals surface area contributed by atoms with E-state index in [-0.39, 0.29) is 12.4 Å². The first kappa shape index (κ1) is 18.5. The average molecular weight is 360 g/mol. The van der Waals surface area contributed by atoms with Gasteiger partial charge in [-0.15, -0.1) is 0 Å². The standard InChI is InChI=1S/C20H25FN2O3/c1-25-19-6-8-20(9-7-19)26-15-18(24)14-22-10-12-23(13-11-22)17-4-2-16(21)3-5-17/h2-9,18,24H,10-15H2,1H3. The highest BCUT2D eigenvalue weighted by molar-refractivity contribution is 5.46. The molecular formula is C20H25FN2O3. The van der Waals surface area contributed by atoms with Crippen molar-refractivity contribution in [3.05, 3.63) is 54.3 Å². The molecule has 1 heterocycles. The Balaban J connectivity index is 1.40. The van der Waals surface area contributed by atoms with E-state index in [1.807, 2.05) is 36.4 Å². The predicted molar refractivity (Wildman–Crippen MR) is 99.5 cm³/mol. The van der Waals surface area contributed by atoms with E-state index in [1.54, 1.807) is 7.11 Å². The molecule has 0 aromatic heterocycles. The molecule has 0 radical (unpaired) electrons. The first-order valence-corrected chi connectivity index (χ1v) is 8.82. The Bertz CT molecular complexity index is 670. The van der Waals surface area contributed by atoms with Gasteiger partial charge in [0.25, 0.3) is 0 Å². The largest absolute Gasteiger partial charge is 0.497 e. The van der Waals surface area contributed by atoms with E-state index in [1.165, 1.54) is 12.1 Å². The maximum Gasteiger partial charge on any atom is 0.123 e. The molecule has 1 fully saturated rings. The third kappa shape index (κ3) is 5.09. The molecule has 1 unspecified atom stereocenters. The summed E-state index contributed by atoms with van der Waals surface area (Å²) in [7, 11) is 1.62. The van der Waals surface area contributed by atoms with Crippen LogP contribution in [0.4, 0.5) is 10.1 Å². The Kier molecular flexibility index (Phi) is 6.30. The van der Waals surface area contributed by atoms with Crippen molar-refractivity contribution in [2.75, 3.05) is 51.3 Å². The van der Waals surface area contributed by atoms with Crippen LogP contribution in [0.2, 0.25) is 0 Å². The van der Waals surface area contributed by atoms with Gasteiger partial charge in [-0.2, -0.15) is 0 Å². The number of rotatable bonds is 7. The maximum absolute atomic E-state index is 13.0. The average Bonchev–Trinajstić information content (AvgIpc) is 2.68. The van der Waals surface area contributed by atoms with Gasteiger partial charge in [0, 0.05) is 38.4 Å². The molecule has 1 N–H and O–H groups in total. The molecule has 0 bridgehead atoms. The van der Waals surface area contributed by atoms with Crippen LogP contribution in [0.1, 0.15) is 0 Å². The van der Waals surface area contributed by atoms with Gasteiger partial charge in [0.15, 0.2) is 0 Å². The van der Waals surface area contributed by atoms with Crippen LogP contribution >= 0.6 is 0 Å². The van der Waals surface area contributed by atoms with Crippen LogP contribution in [0.25, 0.3) is 0 Å². The monoisotopic (exact) mass is 360 g/mol. The van der Waals surface area contributed by atoms with Crippen molar-refractivity contribution in [3.8, 4) is 11.5 Å². The van der Waals surface area contributed by atoms with Crippen LogP contribution in [-0.2, 0) is 0 Å². The molecule has 0 spiro atoms. The summed E-state index contributed by atoms with van der Waals surface area (Å²) in [6.45, 7) is 4.27. The number of hydrogen-bond acceptors (Lipinski definition) is 5. The minimum absolute atomic E-state index is 0.215. The van der Waals surface area contributed by atoms with Gasteiger partial charge in [-0.1, -0.05) is 0 Å². The number of β-amino-alcohol motifs (C(OH)–C–C–N with tert-alkyl or cyclic N) is 1. The number of piperazine rings is 1. The van der Waals surface area contributed by atoms with Gasteiger partial charge in [-0.05, 0) is 48.5 Å².